The summed E-state index contributed by atoms with van der Waals surface area (Å²) in [4.78, 5) is 15.2. The standard InChI is InChI=1S/C11H13FN2O3S/c12-10-6-13-3-1-9(10)11(15)14-5-8-2-4-18(16,17)7-8/h1,3,6,8H,2,4-5,7H2,(H,14,15). The SMILES string of the molecule is O=C(NCC1CCS(=O)(=O)C1)c1ccncc1F. The van der Waals surface area contributed by atoms with Gasteiger partial charge in [-0.3, -0.25) is 9.78 Å². The Hall–Kier alpha value is -1.50. The van der Waals surface area contributed by atoms with Gasteiger partial charge < -0.3 is 5.32 Å². The maximum atomic E-state index is 13.2. The molecule has 1 atom stereocenters. The molecule has 1 aliphatic rings. The quantitative estimate of drug-likeness (QED) is 0.863. The number of aromatic nitrogens is 1. The molecule has 1 aromatic heterocycles. The van der Waals surface area contributed by atoms with Gasteiger partial charge >= 0.3 is 0 Å². The van der Waals surface area contributed by atoms with E-state index in [-0.39, 0.29) is 29.5 Å². The van der Waals surface area contributed by atoms with Crippen molar-refractivity contribution in [3.63, 3.8) is 0 Å². The maximum Gasteiger partial charge on any atom is 0.254 e. The van der Waals surface area contributed by atoms with Crippen LogP contribution in [0.4, 0.5) is 4.39 Å². The molecule has 1 aromatic rings. The lowest BCUT2D eigenvalue weighted by Crippen LogP contribution is -2.30. The van der Waals surface area contributed by atoms with Gasteiger partial charge in [0.2, 0.25) is 0 Å². The highest BCUT2D eigenvalue weighted by molar-refractivity contribution is 7.91. The molecule has 1 aliphatic heterocycles. The number of rotatable bonds is 3. The topological polar surface area (TPSA) is 76.1 Å². The summed E-state index contributed by atoms with van der Waals surface area (Å²) >= 11 is 0. The molecule has 7 heteroatoms. The Morgan fingerprint density at radius 2 is 2.33 bits per heavy atom. The molecule has 2 rings (SSSR count). The molecule has 5 nitrogen and oxygen atoms in total. The molecule has 1 saturated heterocycles. The molecule has 0 aromatic carbocycles. The van der Waals surface area contributed by atoms with Crippen molar-refractivity contribution in [3.05, 3.63) is 29.8 Å². The van der Waals surface area contributed by atoms with E-state index in [1.807, 2.05) is 0 Å². The van der Waals surface area contributed by atoms with Crippen LogP contribution in [0.1, 0.15) is 16.8 Å². The highest BCUT2D eigenvalue weighted by Gasteiger charge is 2.28. The van der Waals surface area contributed by atoms with Gasteiger partial charge in [-0.25, -0.2) is 12.8 Å². The van der Waals surface area contributed by atoms with Crippen LogP contribution in [-0.2, 0) is 9.84 Å². The van der Waals surface area contributed by atoms with Crippen LogP contribution < -0.4 is 5.32 Å². The predicted octanol–water partition coefficient (Wildman–Crippen LogP) is 0.385. The molecule has 98 valence electrons. The van der Waals surface area contributed by atoms with Gasteiger partial charge in [0.05, 0.1) is 23.3 Å². The Bertz CT molecular complexity index is 559. The zero-order chi connectivity index (χ0) is 13.2. The molecule has 1 unspecified atom stereocenters. The fourth-order valence-electron chi connectivity index (χ4n) is 1.92. The van der Waals surface area contributed by atoms with Gasteiger partial charge in [0.25, 0.3) is 5.91 Å². The Morgan fingerprint density at radius 1 is 1.56 bits per heavy atom. The van der Waals surface area contributed by atoms with Gasteiger partial charge in [0.1, 0.15) is 0 Å². The molecule has 1 fully saturated rings. The average molecular weight is 272 g/mol. The van der Waals surface area contributed by atoms with Gasteiger partial charge in [0, 0.05) is 12.7 Å². The van der Waals surface area contributed by atoms with Crippen molar-refractivity contribution >= 4 is 15.7 Å². The van der Waals surface area contributed by atoms with Crippen LogP contribution >= 0.6 is 0 Å². The number of hydrogen-bond acceptors (Lipinski definition) is 4. The van der Waals surface area contributed by atoms with E-state index in [0.29, 0.717) is 6.42 Å². The first-order valence-corrected chi connectivity index (χ1v) is 7.38. The Morgan fingerprint density at radius 3 is 2.94 bits per heavy atom. The van der Waals surface area contributed by atoms with Crippen molar-refractivity contribution in [2.75, 3.05) is 18.1 Å². The third kappa shape index (κ3) is 3.04. The number of nitrogens with one attached hydrogen (secondary N) is 1. The molecule has 0 aliphatic carbocycles. The Kier molecular flexibility index (Phi) is 3.60. The zero-order valence-corrected chi connectivity index (χ0v) is 10.4. The monoisotopic (exact) mass is 272 g/mol. The van der Waals surface area contributed by atoms with E-state index in [4.69, 9.17) is 0 Å². The number of hydrogen-bond donors (Lipinski definition) is 1. The van der Waals surface area contributed by atoms with E-state index in [0.717, 1.165) is 6.20 Å². The number of carbonyl (C=O) groups is 1. The molecule has 0 radical (unpaired) electrons. The second kappa shape index (κ2) is 5.01. The van der Waals surface area contributed by atoms with Gasteiger partial charge in [-0.2, -0.15) is 0 Å². The average Bonchev–Trinajstić information content (AvgIpc) is 2.66. The van der Waals surface area contributed by atoms with Crippen molar-refractivity contribution < 1.29 is 17.6 Å². The van der Waals surface area contributed by atoms with Crippen molar-refractivity contribution in [3.8, 4) is 0 Å². The predicted molar refractivity (Wildman–Crippen MR) is 63.3 cm³/mol. The summed E-state index contributed by atoms with van der Waals surface area (Å²) in [5, 5.41) is 2.55. The van der Waals surface area contributed by atoms with E-state index in [1.165, 1.54) is 12.3 Å². The van der Waals surface area contributed by atoms with E-state index in [1.54, 1.807) is 0 Å². The molecule has 0 spiro atoms. The van der Waals surface area contributed by atoms with Crippen LogP contribution in [0.25, 0.3) is 0 Å². The second-order valence-electron chi connectivity index (χ2n) is 4.33. The van der Waals surface area contributed by atoms with Gasteiger partial charge in [0.15, 0.2) is 15.7 Å². The van der Waals surface area contributed by atoms with Crippen molar-refractivity contribution in [2.45, 2.75) is 6.42 Å². The minimum absolute atomic E-state index is 0.0779. The molecular formula is C11H13FN2O3S. The van der Waals surface area contributed by atoms with E-state index in [9.17, 15) is 17.6 Å². The van der Waals surface area contributed by atoms with Crippen molar-refractivity contribution in [1.82, 2.24) is 10.3 Å². The summed E-state index contributed by atoms with van der Waals surface area (Å²) in [5.74, 6) is -1.06. The molecule has 0 saturated carbocycles. The van der Waals surface area contributed by atoms with E-state index in [2.05, 4.69) is 10.3 Å². The minimum atomic E-state index is -2.95. The summed E-state index contributed by atoms with van der Waals surface area (Å²) in [6.45, 7) is 0.250. The normalized spacial score (nSPS) is 21.7. The number of halogens is 1. The van der Waals surface area contributed by atoms with Crippen LogP contribution in [0.15, 0.2) is 18.5 Å². The molecule has 18 heavy (non-hydrogen) atoms. The lowest BCUT2D eigenvalue weighted by Gasteiger charge is -2.09. The fourth-order valence-corrected chi connectivity index (χ4v) is 3.79. The fraction of sp³-hybridized carbons (Fsp3) is 0.455. The van der Waals surface area contributed by atoms with E-state index < -0.39 is 21.6 Å². The Balaban J connectivity index is 1.92. The van der Waals surface area contributed by atoms with Crippen LogP contribution in [0.3, 0.4) is 0 Å². The smallest absolute Gasteiger partial charge is 0.254 e. The second-order valence-corrected chi connectivity index (χ2v) is 6.56. The highest BCUT2D eigenvalue weighted by atomic mass is 32.2. The van der Waals surface area contributed by atoms with Crippen LogP contribution in [0.5, 0.6) is 0 Å². The summed E-state index contributed by atoms with van der Waals surface area (Å²) in [5.41, 5.74) is -0.0779. The zero-order valence-electron chi connectivity index (χ0n) is 9.60. The number of amides is 1. The van der Waals surface area contributed by atoms with Crippen LogP contribution in [0, 0.1) is 11.7 Å². The van der Waals surface area contributed by atoms with Gasteiger partial charge in [-0.15, -0.1) is 0 Å². The first-order valence-electron chi connectivity index (χ1n) is 5.56. The summed E-state index contributed by atoms with van der Waals surface area (Å²) < 4.78 is 35.7. The Labute approximate surface area is 104 Å². The van der Waals surface area contributed by atoms with Gasteiger partial charge in [-0.05, 0) is 18.4 Å². The maximum absolute atomic E-state index is 13.2. The molecule has 1 N–H and O–H groups in total. The lowest BCUT2D eigenvalue weighted by atomic mass is 10.1. The number of pyridine rings is 1. The number of carbonyl (C=O) groups excluding carboxylic acids is 1. The molecule has 2 heterocycles. The third-order valence-corrected chi connectivity index (χ3v) is 4.73. The first kappa shape index (κ1) is 12.9. The number of nitrogens with zero attached hydrogens (tertiary/aromatic N) is 1. The molecular weight excluding hydrogens is 259 g/mol. The largest absolute Gasteiger partial charge is 0.352 e. The third-order valence-electron chi connectivity index (χ3n) is 2.90. The minimum Gasteiger partial charge on any atom is -0.352 e. The van der Waals surface area contributed by atoms with Gasteiger partial charge in [-0.1, -0.05) is 0 Å². The van der Waals surface area contributed by atoms with Crippen molar-refractivity contribution in [2.24, 2.45) is 5.92 Å². The summed E-state index contributed by atoms with van der Waals surface area (Å²) in [6.07, 6.45) is 2.84. The van der Waals surface area contributed by atoms with Crippen LogP contribution in [0.2, 0.25) is 0 Å². The highest BCUT2D eigenvalue weighted by Crippen LogP contribution is 2.17. The molecule has 1 amide bonds. The van der Waals surface area contributed by atoms with Crippen molar-refractivity contribution in [1.29, 1.82) is 0 Å². The number of sulfone groups is 1. The summed E-state index contributed by atoms with van der Waals surface area (Å²) in [6, 6.07) is 1.29. The molecule has 0 bridgehead atoms. The van der Waals surface area contributed by atoms with E-state index >= 15 is 0 Å². The summed E-state index contributed by atoms with van der Waals surface area (Å²) in [7, 11) is -2.95. The lowest BCUT2D eigenvalue weighted by molar-refractivity contribution is 0.0944. The van der Waals surface area contributed by atoms with Crippen LogP contribution in [-0.4, -0.2) is 37.4 Å². The first-order chi connectivity index (χ1) is 8.48.